The van der Waals surface area contributed by atoms with Gasteiger partial charge < -0.3 is 14.4 Å². The van der Waals surface area contributed by atoms with Crippen molar-refractivity contribution in [2.75, 3.05) is 45.8 Å². The van der Waals surface area contributed by atoms with Gasteiger partial charge in [-0.15, -0.1) is 12.4 Å². The minimum atomic E-state index is -0.169. The number of carbonyl (C=O) groups is 1. The highest BCUT2D eigenvalue weighted by molar-refractivity contribution is 7.22. The van der Waals surface area contributed by atoms with Crippen LogP contribution in [0.5, 0.6) is 11.5 Å². The van der Waals surface area contributed by atoms with Crippen LogP contribution < -0.4 is 14.4 Å². The fraction of sp³-hybridized carbons (Fsp3) is 0.300. The zero-order valence-corrected chi connectivity index (χ0v) is 18.8. The van der Waals surface area contributed by atoms with Gasteiger partial charge in [0.1, 0.15) is 0 Å². The Morgan fingerprint density at radius 2 is 1.86 bits per heavy atom. The van der Waals surface area contributed by atoms with Crippen molar-refractivity contribution in [1.29, 1.82) is 0 Å². The lowest BCUT2D eigenvalue weighted by Crippen LogP contribution is -2.39. The molecule has 0 aliphatic rings. The molecule has 0 spiro atoms. The van der Waals surface area contributed by atoms with E-state index in [-0.39, 0.29) is 24.9 Å². The van der Waals surface area contributed by atoms with Gasteiger partial charge in [0.15, 0.2) is 23.2 Å². The third-order valence-corrected chi connectivity index (χ3v) is 5.34. The number of carbonyl (C=O) groups excluding carboxylic acids is 1. The van der Waals surface area contributed by atoms with E-state index < -0.39 is 0 Å². The van der Waals surface area contributed by atoms with Crippen LogP contribution >= 0.6 is 35.3 Å². The topological polar surface area (TPSA) is 54.9 Å². The molecule has 0 atom stereocenters. The molecule has 3 rings (SSSR count). The van der Waals surface area contributed by atoms with Crippen LogP contribution in [0, 0.1) is 0 Å². The van der Waals surface area contributed by atoms with Crippen molar-refractivity contribution < 1.29 is 14.3 Å². The van der Waals surface area contributed by atoms with Gasteiger partial charge in [-0.2, -0.15) is 0 Å². The van der Waals surface area contributed by atoms with E-state index in [1.54, 1.807) is 30.2 Å². The Hall–Kier alpha value is -2.06. The van der Waals surface area contributed by atoms with Crippen molar-refractivity contribution in [2.24, 2.45) is 0 Å². The summed E-state index contributed by atoms with van der Waals surface area (Å²) in [5.41, 5.74) is 0.817. The zero-order valence-electron chi connectivity index (χ0n) is 16.4. The Labute approximate surface area is 185 Å². The lowest BCUT2D eigenvalue weighted by atomic mass is 10.3. The monoisotopic (exact) mass is 455 g/mol. The van der Waals surface area contributed by atoms with Crippen molar-refractivity contribution in [3.63, 3.8) is 0 Å². The molecule has 2 aromatic carbocycles. The van der Waals surface area contributed by atoms with Crippen LogP contribution in [0.15, 0.2) is 42.5 Å². The number of fused-ring (bicyclic) bond motifs is 1. The molecule has 156 valence electrons. The van der Waals surface area contributed by atoms with Gasteiger partial charge in [0.25, 0.3) is 5.91 Å². The van der Waals surface area contributed by atoms with Crippen molar-refractivity contribution in [3.8, 4) is 11.5 Å². The van der Waals surface area contributed by atoms with Crippen LogP contribution in [0.3, 0.4) is 0 Å². The van der Waals surface area contributed by atoms with Gasteiger partial charge in [0.2, 0.25) is 0 Å². The summed E-state index contributed by atoms with van der Waals surface area (Å²) in [6, 6.07) is 12.8. The maximum atomic E-state index is 13.0. The van der Waals surface area contributed by atoms with Crippen LogP contribution in [-0.2, 0) is 4.79 Å². The highest BCUT2D eigenvalue weighted by atomic mass is 35.5. The first-order chi connectivity index (χ1) is 13.5. The summed E-state index contributed by atoms with van der Waals surface area (Å²) >= 11 is 7.52. The van der Waals surface area contributed by atoms with E-state index in [4.69, 9.17) is 21.1 Å². The van der Waals surface area contributed by atoms with Crippen molar-refractivity contribution >= 4 is 56.6 Å². The summed E-state index contributed by atoms with van der Waals surface area (Å²) in [6.07, 6.45) is 0. The normalized spacial score (nSPS) is 10.7. The number of amides is 1. The molecule has 0 N–H and O–H groups in total. The average Bonchev–Trinajstić information content (AvgIpc) is 3.09. The van der Waals surface area contributed by atoms with E-state index >= 15 is 0 Å². The smallest absolute Gasteiger partial charge is 0.266 e. The molecular weight excluding hydrogens is 433 g/mol. The predicted octanol–water partition coefficient (Wildman–Crippen LogP) is 4.35. The van der Waals surface area contributed by atoms with E-state index in [9.17, 15) is 4.79 Å². The number of aromatic nitrogens is 1. The SMILES string of the molecule is COc1ccccc1OCC(=O)N(CCN(C)C)c1nc2ccc(Cl)cc2s1.Cl. The molecule has 29 heavy (non-hydrogen) atoms. The fourth-order valence-corrected chi connectivity index (χ4v) is 3.87. The van der Waals surface area contributed by atoms with Crippen LogP contribution in [-0.4, -0.2) is 56.7 Å². The minimum Gasteiger partial charge on any atom is -0.493 e. The fourth-order valence-electron chi connectivity index (χ4n) is 2.58. The standard InChI is InChI=1S/C20H22ClN3O3S.ClH/c1-23(2)10-11-24(20-22-15-9-8-14(21)12-18(15)28-20)19(25)13-27-17-7-5-4-6-16(17)26-3;/h4-9,12H,10-11,13H2,1-3H3;1H. The Morgan fingerprint density at radius 3 is 2.55 bits per heavy atom. The summed E-state index contributed by atoms with van der Waals surface area (Å²) in [5, 5.41) is 1.28. The Bertz CT molecular complexity index is 965. The van der Waals surface area contributed by atoms with Crippen LogP contribution in [0.1, 0.15) is 0 Å². The van der Waals surface area contributed by atoms with Crippen molar-refractivity contribution in [3.05, 3.63) is 47.5 Å². The van der Waals surface area contributed by atoms with Gasteiger partial charge in [-0.1, -0.05) is 35.1 Å². The zero-order chi connectivity index (χ0) is 20.1. The molecular formula is C20H23Cl2N3O3S. The number of rotatable bonds is 8. The van der Waals surface area contributed by atoms with Crippen molar-refractivity contribution in [2.45, 2.75) is 0 Å². The summed E-state index contributed by atoms with van der Waals surface area (Å²) < 4.78 is 11.9. The summed E-state index contributed by atoms with van der Waals surface area (Å²) in [7, 11) is 5.50. The first kappa shape index (κ1) is 23.2. The van der Waals surface area contributed by atoms with E-state index in [0.29, 0.717) is 34.7 Å². The number of anilines is 1. The van der Waals surface area contributed by atoms with E-state index in [1.807, 2.05) is 43.3 Å². The molecule has 1 aromatic heterocycles. The van der Waals surface area contributed by atoms with Gasteiger partial charge >= 0.3 is 0 Å². The average molecular weight is 456 g/mol. The highest BCUT2D eigenvalue weighted by Crippen LogP contribution is 2.31. The molecule has 1 heterocycles. The molecule has 6 nitrogen and oxygen atoms in total. The molecule has 1 amide bonds. The van der Waals surface area contributed by atoms with Gasteiger partial charge in [-0.3, -0.25) is 9.69 Å². The van der Waals surface area contributed by atoms with Gasteiger partial charge in [-0.05, 0) is 44.4 Å². The molecule has 0 saturated heterocycles. The largest absolute Gasteiger partial charge is 0.493 e. The maximum Gasteiger partial charge on any atom is 0.266 e. The second-order valence-corrected chi connectivity index (χ2v) is 7.84. The number of thiazole rings is 1. The lowest BCUT2D eigenvalue weighted by molar-refractivity contribution is -0.120. The predicted molar refractivity (Wildman–Crippen MR) is 121 cm³/mol. The van der Waals surface area contributed by atoms with E-state index in [0.717, 1.165) is 10.2 Å². The highest BCUT2D eigenvalue weighted by Gasteiger charge is 2.21. The first-order valence-electron chi connectivity index (χ1n) is 8.75. The third-order valence-electron chi connectivity index (χ3n) is 4.06. The number of hydrogen-bond acceptors (Lipinski definition) is 6. The molecule has 9 heteroatoms. The van der Waals surface area contributed by atoms with Crippen LogP contribution in [0.4, 0.5) is 5.13 Å². The number of benzene rings is 2. The maximum absolute atomic E-state index is 13.0. The number of hydrogen-bond donors (Lipinski definition) is 0. The number of para-hydroxylation sites is 2. The second kappa shape index (κ2) is 10.6. The quantitative estimate of drug-likeness (QED) is 0.505. The van der Waals surface area contributed by atoms with Gasteiger partial charge in [0.05, 0.1) is 17.3 Å². The summed E-state index contributed by atoms with van der Waals surface area (Å²) in [6.45, 7) is 1.11. The Morgan fingerprint density at radius 1 is 1.14 bits per heavy atom. The molecule has 0 aliphatic heterocycles. The molecule has 3 aromatic rings. The summed E-state index contributed by atoms with van der Waals surface area (Å²) in [5.74, 6) is 0.949. The third kappa shape index (κ3) is 5.96. The number of nitrogens with zero attached hydrogens (tertiary/aromatic N) is 3. The van der Waals surface area contributed by atoms with E-state index in [2.05, 4.69) is 4.98 Å². The number of halogens is 2. The summed E-state index contributed by atoms with van der Waals surface area (Å²) in [4.78, 5) is 21.2. The minimum absolute atomic E-state index is 0. The molecule has 0 unspecified atom stereocenters. The van der Waals surface area contributed by atoms with Crippen LogP contribution in [0.25, 0.3) is 10.2 Å². The Kier molecular flexibility index (Phi) is 8.52. The molecule has 0 fully saturated rings. The van der Waals surface area contributed by atoms with Crippen LogP contribution in [0.2, 0.25) is 5.02 Å². The molecule has 0 radical (unpaired) electrons. The number of methoxy groups -OCH3 is 1. The molecule has 0 saturated carbocycles. The lowest BCUT2D eigenvalue weighted by Gasteiger charge is -2.22. The van der Waals surface area contributed by atoms with Gasteiger partial charge in [-0.25, -0.2) is 4.98 Å². The Balaban J connectivity index is 0.00000300. The van der Waals surface area contributed by atoms with Crippen molar-refractivity contribution in [1.82, 2.24) is 9.88 Å². The second-order valence-electron chi connectivity index (χ2n) is 6.40. The first-order valence-corrected chi connectivity index (χ1v) is 9.94. The number of ether oxygens (including phenoxy) is 2. The number of likely N-dealkylation sites (N-methyl/N-ethyl adjacent to an activating group) is 1. The van der Waals surface area contributed by atoms with Gasteiger partial charge in [0, 0.05) is 18.1 Å². The van der Waals surface area contributed by atoms with E-state index in [1.165, 1.54) is 11.3 Å². The molecule has 0 bridgehead atoms. The molecule has 0 aliphatic carbocycles.